The molecule has 0 radical (unpaired) electrons. The Kier molecular flexibility index (Phi) is 12.7. The van der Waals surface area contributed by atoms with E-state index in [0.29, 0.717) is 57.0 Å². The van der Waals surface area contributed by atoms with Gasteiger partial charge in [0.1, 0.15) is 11.9 Å². The maximum Gasteiger partial charge on any atom is 0.407 e. The van der Waals surface area contributed by atoms with E-state index in [9.17, 15) is 18.0 Å². The summed E-state index contributed by atoms with van der Waals surface area (Å²) < 4.78 is 55.4. The number of halogens is 2. The standard InChI is InChI=1S/C36H44ClFN4O6S/c1-3-27-22-39-23-28(42(27)49(45,46)29-8-5-4-6-9-29)16-17-30-31(38)10-7-11-32(30)40-35(43)34(41-36(44)47-2)33(25-18-20-48-21-19-25)24-12-14-26(37)15-13-24/h4-15,25,27-28,33-34,39H,3,16-23H2,1-2H3,(H,40,43)(H,41,44). The highest BCUT2D eigenvalue weighted by atomic mass is 35.5. The van der Waals surface area contributed by atoms with Crippen LogP contribution < -0.4 is 16.0 Å². The highest BCUT2D eigenvalue weighted by Gasteiger charge is 2.40. The lowest BCUT2D eigenvalue weighted by Gasteiger charge is -2.41. The number of ether oxygens (including phenoxy) is 2. The van der Waals surface area contributed by atoms with Crippen molar-refractivity contribution in [2.75, 3.05) is 38.7 Å². The Labute approximate surface area is 292 Å². The number of anilines is 1. The predicted octanol–water partition coefficient (Wildman–Crippen LogP) is 5.73. The quantitative estimate of drug-likeness (QED) is 0.219. The molecular weight excluding hydrogens is 671 g/mol. The number of benzene rings is 3. The molecule has 0 spiro atoms. The molecule has 0 bridgehead atoms. The van der Waals surface area contributed by atoms with Gasteiger partial charge in [-0.3, -0.25) is 4.79 Å². The Morgan fingerprint density at radius 2 is 1.71 bits per heavy atom. The van der Waals surface area contributed by atoms with Gasteiger partial charge < -0.3 is 25.4 Å². The van der Waals surface area contributed by atoms with Crippen LogP contribution in [0.1, 0.15) is 49.7 Å². The summed E-state index contributed by atoms with van der Waals surface area (Å²) in [4.78, 5) is 27.1. The number of alkyl carbamates (subject to hydrolysis) is 1. The van der Waals surface area contributed by atoms with Gasteiger partial charge in [-0.25, -0.2) is 17.6 Å². The molecule has 0 aliphatic carbocycles. The lowest BCUT2D eigenvalue weighted by molar-refractivity contribution is -0.119. The van der Waals surface area contributed by atoms with Gasteiger partial charge in [-0.1, -0.05) is 54.9 Å². The zero-order chi connectivity index (χ0) is 35.0. The van der Waals surface area contributed by atoms with E-state index in [1.807, 2.05) is 19.1 Å². The van der Waals surface area contributed by atoms with Gasteiger partial charge in [-0.2, -0.15) is 4.31 Å². The number of rotatable bonds is 12. The van der Waals surface area contributed by atoms with Crippen molar-refractivity contribution in [1.82, 2.24) is 14.9 Å². The maximum atomic E-state index is 15.6. The van der Waals surface area contributed by atoms with E-state index in [0.717, 1.165) is 5.56 Å². The van der Waals surface area contributed by atoms with E-state index >= 15 is 4.39 Å². The van der Waals surface area contributed by atoms with Crippen LogP contribution in [0.25, 0.3) is 0 Å². The summed E-state index contributed by atoms with van der Waals surface area (Å²) >= 11 is 6.19. The minimum Gasteiger partial charge on any atom is -0.453 e. The summed E-state index contributed by atoms with van der Waals surface area (Å²) in [5, 5.41) is 9.53. The molecule has 4 atom stereocenters. The summed E-state index contributed by atoms with van der Waals surface area (Å²) in [7, 11) is -2.60. The average molecular weight is 715 g/mol. The van der Waals surface area contributed by atoms with E-state index < -0.39 is 45.8 Å². The number of nitrogens with one attached hydrogen (secondary N) is 3. The van der Waals surface area contributed by atoms with Crippen molar-refractivity contribution in [2.45, 2.75) is 68.0 Å². The van der Waals surface area contributed by atoms with Gasteiger partial charge in [-0.05, 0) is 80.0 Å². The summed E-state index contributed by atoms with van der Waals surface area (Å²) in [5.74, 6) is -1.55. The molecule has 49 heavy (non-hydrogen) atoms. The summed E-state index contributed by atoms with van der Waals surface area (Å²) in [6.45, 7) is 3.89. The highest BCUT2D eigenvalue weighted by Crippen LogP contribution is 2.37. The first-order valence-corrected chi connectivity index (χ1v) is 18.5. The van der Waals surface area contributed by atoms with E-state index in [2.05, 4.69) is 16.0 Å². The van der Waals surface area contributed by atoms with Crippen LogP contribution in [0.5, 0.6) is 0 Å². The monoisotopic (exact) mass is 714 g/mol. The Bertz CT molecular complexity index is 1670. The van der Waals surface area contributed by atoms with E-state index in [-0.39, 0.29) is 34.5 Å². The number of amides is 2. The number of nitrogens with zero attached hydrogens (tertiary/aromatic N) is 1. The number of sulfonamides is 1. The number of carbonyl (C=O) groups excluding carboxylic acids is 2. The number of hydrogen-bond donors (Lipinski definition) is 3. The molecule has 2 aliphatic heterocycles. The third kappa shape index (κ3) is 8.79. The van der Waals surface area contributed by atoms with Crippen molar-refractivity contribution in [2.24, 2.45) is 5.92 Å². The van der Waals surface area contributed by atoms with Crippen LogP contribution in [0.15, 0.2) is 77.7 Å². The first-order valence-electron chi connectivity index (χ1n) is 16.7. The second-order valence-electron chi connectivity index (χ2n) is 12.5. The largest absolute Gasteiger partial charge is 0.453 e. The van der Waals surface area contributed by atoms with Crippen LogP contribution in [0.3, 0.4) is 0 Å². The number of piperazine rings is 1. The Morgan fingerprint density at radius 1 is 1.02 bits per heavy atom. The molecule has 5 rings (SSSR count). The maximum absolute atomic E-state index is 15.6. The van der Waals surface area contributed by atoms with E-state index in [4.69, 9.17) is 21.1 Å². The smallest absolute Gasteiger partial charge is 0.407 e. The van der Waals surface area contributed by atoms with Gasteiger partial charge in [0.2, 0.25) is 15.9 Å². The van der Waals surface area contributed by atoms with E-state index in [1.54, 1.807) is 52.8 Å². The number of methoxy groups -OCH3 is 1. The summed E-state index contributed by atoms with van der Waals surface area (Å²) in [6.07, 6.45) is 1.62. The Hall–Kier alpha value is -3.55. The van der Waals surface area contributed by atoms with Crippen LogP contribution in [0, 0.1) is 11.7 Å². The molecule has 13 heteroatoms. The van der Waals surface area contributed by atoms with Crippen LogP contribution in [0.2, 0.25) is 5.02 Å². The van der Waals surface area contributed by atoms with Gasteiger partial charge in [0, 0.05) is 60.6 Å². The van der Waals surface area contributed by atoms with Crippen LogP contribution in [-0.4, -0.2) is 76.3 Å². The molecule has 2 amide bonds. The first-order chi connectivity index (χ1) is 23.6. The molecule has 3 N–H and O–H groups in total. The molecule has 0 saturated carbocycles. The fraction of sp³-hybridized carbons (Fsp3) is 0.444. The van der Waals surface area contributed by atoms with Crippen molar-refractivity contribution < 1.29 is 31.9 Å². The minimum absolute atomic E-state index is 0.0160. The fourth-order valence-electron chi connectivity index (χ4n) is 7.01. The molecule has 4 unspecified atom stereocenters. The summed E-state index contributed by atoms with van der Waals surface area (Å²) in [6, 6.07) is 18.1. The zero-order valence-corrected chi connectivity index (χ0v) is 29.3. The van der Waals surface area contributed by atoms with Crippen LogP contribution >= 0.6 is 11.6 Å². The molecule has 2 saturated heterocycles. The average Bonchev–Trinajstić information content (AvgIpc) is 3.12. The van der Waals surface area contributed by atoms with Crippen molar-refractivity contribution in [3.05, 3.63) is 94.8 Å². The third-order valence-corrected chi connectivity index (χ3v) is 11.8. The van der Waals surface area contributed by atoms with Gasteiger partial charge in [0.05, 0.1) is 12.0 Å². The highest BCUT2D eigenvalue weighted by molar-refractivity contribution is 7.89. The van der Waals surface area contributed by atoms with Gasteiger partial charge >= 0.3 is 6.09 Å². The first kappa shape index (κ1) is 36.7. The molecule has 2 heterocycles. The van der Waals surface area contributed by atoms with E-state index in [1.165, 1.54) is 19.2 Å². The lowest BCUT2D eigenvalue weighted by Crippen LogP contribution is -2.59. The molecular formula is C36H44ClFN4O6S. The van der Waals surface area contributed by atoms with Crippen molar-refractivity contribution in [3.8, 4) is 0 Å². The fourth-order valence-corrected chi connectivity index (χ4v) is 9.07. The Balaban J connectivity index is 1.43. The molecule has 264 valence electrons. The SMILES string of the molecule is CCC1CNCC(CCc2c(F)cccc2NC(=O)C(NC(=O)OC)C(c2ccc(Cl)cc2)C2CCOCC2)N1S(=O)(=O)c1ccccc1. The molecule has 3 aromatic rings. The van der Waals surface area contributed by atoms with Crippen molar-refractivity contribution in [3.63, 3.8) is 0 Å². The lowest BCUT2D eigenvalue weighted by atomic mass is 9.76. The third-order valence-electron chi connectivity index (χ3n) is 9.50. The molecule has 2 fully saturated rings. The second-order valence-corrected chi connectivity index (χ2v) is 14.7. The van der Waals surface area contributed by atoms with Gasteiger partial charge in [-0.15, -0.1) is 0 Å². The topological polar surface area (TPSA) is 126 Å². The number of carbonyl (C=O) groups is 2. The van der Waals surface area contributed by atoms with Gasteiger partial charge in [0.25, 0.3) is 0 Å². The molecule has 2 aliphatic rings. The zero-order valence-electron chi connectivity index (χ0n) is 27.7. The van der Waals surface area contributed by atoms with Crippen LogP contribution in [0.4, 0.5) is 14.9 Å². The molecule has 0 aromatic heterocycles. The van der Waals surface area contributed by atoms with Crippen molar-refractivity contribution in [1.29, 1.82) is 0 Å². The minimum atomic E-state index is -3.83. The molecule has 3 aromatic carbocycles. The van der Waals surface area contributed by atoms with Gasteiger partial charge in [0.15, 0.2) is 0 Å². The number of hydrogen-bond acceptors (Lipinski definition) is 7. The normalized spacial score (nSPS) is 20.2. The predicted molar refractivity (Wildman–Crippen MR) is 187 cm³/mol. The van der Waals surface area contributed by atoms with Crippen LogP contribution in [-0.2, 0) is 30.7 Å². The molecule has 10 nitrogen and oxygen atoms in total. The summed E-state index contributed by atoms with van der Waals surface area (Å²) in [5.41, 5.74) is 1.30. The van der Waals surface area contributed by atoms with Crippen molar-refractivity contribution >= 4 is 39.3 Å². The second kappa shape index (κ2) is 16.9. The Morgan fingerprint density at radius 3 is 2.39 bits per heavy atom.